The maximum atomic E-state index is 4.71. The van der Waals surface area contributed by atoms with Crippen LogP contribution >= 0.6 is 11.3 Å². The molecule has 0 aromatic carbocycles. The first-order valence-corrected chi connectivity index (χ1v) is 8.09. The van der Waals surface area contributed by atoms with Gasteiger partial charge in [-0.25, -0.2) is 4.98 Å². The van der Waals surface area contributed by atoms with Crippen molar-refractivity contribution >= 4 is 16.5 Å². The van der Waals surface area contributed by atoms with E-state index >= 15 is 0 Å². The summed E-state index contributed by atoms with van der Waals surface area (Å²) in [7, 11) is 0. The van der Waals surface area contributed by atoms with E-state index in [4.69, 9.17) is 4.98 Å². The molecule has 0 spiro atoms. The molecule has 3 heterocycles. The van der Waals surface area contributed by atoms with E-state index < -0.39 is 0 Å². The van der Waals surface area contributed by atoms with Gasteiger partial charge in [-0.15, -0.1) is 11.3 Å². The van der Waals surface area contributed by atoms with Crippen molar-refractivity contribution in [3.63, 3.8) is 0 Å². The number of aryl methyl sites for hydroxylation is 1. The molecule has 4 heteroatoms. The number of anilines is 1. The zero-order valence-corrected chi connectivity index (χ0v) is 12.2. The number of hydrogen-bond acceptors (Lipinski definition) is 4. The Kier molecular flexibility index (Phi) is 3.57. The van der Waals surface area contributed by atoms with Crippen LogP contribution in [0.15, 0.2) is 5.38 Å². The molecule has 2 bridgehead atoms. The highest BCUT2D eigenvalue weighted by Gasteiger charge is 2.39. The van der Waals surface area contributed by atoms with Gasteiger partial charge in [0.1, 0.15) is 0 Å². The third-order valence-electron chi connectivity index (χ3n) is 4.30. The van der Waals surface area contributed by atoms with Crippen LogP contribution in [0.25, 0.3) is 0 Å². The van der Waals surface area contributed by atoms with Crippen LogP contribution in [0.5, 0.6) is 0 Å². The highest BCUT2D eigenvalue weighted by molar-refractivity contribution is 7.13. The van der Waals surface area contributed by atoms with Crippen molar-refractivity contribution in [3.05, 3.63) is 11.1 Å². The SMILES string of the molecule is CCNC1CC2CCCC(C1)N2c1nc(C)cs1. The number of aromatic nitrogens is 1. The number of rotatable bonds is 3. The second kappa shape index (κ2) is 5.17. The number of fused-ring (bicyclic) bond motifs is 2. The molecule has 1 N–H and O–H groups in total. The lowest BCUT2D eigenvalue weighted by Gasteiger charge is -2.49. The van der Waals surface area contributed by atoms with Crippen molar-refractivity contribution in [2.75, 3.05) is 11.4 Å². The number of nitrogens with one attached hydrogen (secondary N) is 1. The average Bonchev–Trinajstić information content (AvgIpc) is 2.75. The number of nitrogens with zero attached hydrogens (tertiary/aromatic N) is 2. The van der Waals surface area contributed by atoms with Crippen molar-refractivity contribution in [1.82, 2.24) is 10.3 Å². The van der Waals surface area contributed by atoms with E-state index in [1.54, 1.807) is 0 Å². The molecule has 0 aliphatic carbocycles. The highest BCUT2D eigenvalue weighted by Crippen LogP contribution is 2.38. The number of piperidine rings is 2. The molecule has 1 aromatic rings. The Morgan fingerprint density at radius 3 is 2.67 bits per heavy atom. The van der Waals surface area contributed by atoms with Gasteiger partial charge in [0.2, 0.25) is 0 Å². The van der Waals surface area contributed by atoms with E-state index in [-0.39, 0.29) is 0 Å². The predicted octanol–water partition coefficient (Wildman–Crippen LogP) is 2.95. The van der Waals surface area contributed by atoms with Crippen molar-refractivity contribution in [2.24, 2.45) is 0 Å². The van der Waals surface area contributed by atoms with Crippen LogP contribution < -0.4 is 10.2 Å². The molecule has 3 rings (SSSR count). The van der Waals surface area contributed by atoms with Crippen LogP contribution in [-0.4, -0.2) is 29.7 Å². The summed E-state index contributed by atoms with van der Waals surface area (Å²) in [6.45, 7) is 5.41. The fourth-order valence-electron chi connectivity index (χ4n) is 3.61. The third kappa shape index (κ3) is 2.28. The molecule has 2 unspecified atom stereocenters. The lowest BCUT2D eigenvalue weighted by molar-refractivity contribution is 0.247. The van der Waals surface area contributed by atoms with Crippen molar-refractivity contribution in [3.8, 4) is 0 Å². The largest absolute Gasteiger partial charge is 0.342 e. The van der Waals surface area contributed by atoms with Gasteiger partial charge >= 0.3 is 0 Å². The van der Waals surface area contributed by atoms with E-state index in [0.717, 1.165) is 12.6 Å². The average molecular weight is 265 g/mol. The van der Waals surface area contributed by atoms with Crippen LogP contribution in [0.2, 0.25) is 0 Å². The number of hydrogen-bond donors (Lipinski definition) is 1. The predicted molar refractivity (Wildman–Crippen MR) is 77.5 cm³/mol. The zero-order valence-electron chi connectivity index (χ0n) is 11.4. The van der Waals surface area contributed by atoms with E-state index in [1.165, 1.54) is 42.9 Å². The molecular weight excluding hydrogens is 242 g/mol. The Balaban J connectivity index is 1.79. The van der Waals surface area contributed by atoms with Gasteiger partial charge in [0.25, 0.3) is 0 Å². The minimum atomic E-state index is 0.715. The third-order valence-corrected chi connectivity index (χ3v) is 5.27. The molecular formula is C14H23N3S. The van der Waals surface area contributed by atoms with Gasteiger partial charge in [0, 0.05) is 23.5 Å². The van der Waals surface area contributed by atoms with Crippen LogP contribution in [0, 0.1) is 6.92 Å². The molecule has 0 radical (unpaired) electrons. The molecule has 0 saturated carbocycles. The first-order chi connectivity index (χ1) is 8.78. The van der Waals surface area contributed by atoms with Crippen LogP contribution in [0.3, 0.4) is 0 Å². The monoisotopic (exact) mass is 265 g/mol. The Morgan fingerprint density at radius 1 is 1.39 bits per heavy atom. The zero-order chi connectivity index (χ0) is 12.5. The molecule has 18 heavy (non-hydrogen) atoms. The molecule has 2 atom stereocenters. The van der Waals surface area contributed by atoms with Crippen LogP contribution in [0.4, 0.5) is 5.13 Å². The second-order valence-electron chi connectivity index (χ2n) is 5.64. The summed E-state index contributed by atoms with van der Waals surface area (Å²) in [5.41, 5.74) is 1.17. The first-order valence-electron chi connectivity index (χ1n) is 7.21. The maximum absolute atomic E-state index is 4.71. The minimum Gasteiger partial charge on any atom is -0.342 e. The molecule has 2 aliphatic heterocycles. The fourth-order valence-corrected chi connectivity index (χ4v) is 4.55. The van der Waals surface area contributed by atoms with Gasteiger partial charge in [-0.3, -0.25) is 0 Å². The Labute approximate surface area is 114 Å². The van der Waals surface area contributed by atoms with Gasteiger partial charge in [-0.05, 0) is 45.6 Å². The maximum Gasteiger partial charge on any atom is 0.185 e. The molecule has 2 fully saturated rings. The first kappa shape index (κ1) is 12.4. The Morgan fingerprint density at radius 2 is 2.11 bits per heavy atom. The van der Waals surface area contributed by atoms with E-state index in [1.807, 2.05) is 11.3 Å². The standard InChI is InChI=1S/C14H23N3S/c1-3-15-11-7-12-5-4-6-13(8-11)17(12)14-16-10(2)9-18-14/h9,11-13,15H,3-8H2,1-2H3. The minimum absolute atomic E-state index is 0.715. The topological polar surface area (TPSA) is 28.2 Å². The quantitative estimate of drug-likeness (QED) is 0.911. The van der Waals surface area contributed by atoms with Crippen LogP contribution in [0.1, 0.15) is 44.7 Å². The van der Waals surface area contributed by atoms with E-state index in [9.17, 15) is 0 Å². The Hall–Kier alpha value is -0.610. The smallest absolute Gasteiger partial charge is 0.185 e. The van der Waals surface area contributed by atoms with Gasteiger partial charge in [0.05, 0.1) is 5.69 Å². The van der Waals surface area contributed by atoms with Gasteiger partial charge in [0.15, 0.2) is 5.13 Å². The summed E-state index contributed by atoms with van der Waals surface area (Å²) in [5, 5.41) is 7.09. The Bertz CT molecular complexity index is 389. The molecule has 100 valence electrons. The van der Waals surface area contributed by atoms with Gasteiger partial charge in [-0.1, -0.05) is 6.92 Å². The molecule has 1 aromatic heterocycles. The normalized spacial score (nSPS) is 31.7. The number of thiazole rings is 1. The molecule has 3 nitrogen and oxygen atoms in total. The summed E-state index contributed by atoms with van der Waals surface area (Å²) >= 11 is 1.82. The van der Waals surface area contributed by atoms with Gasteiger partial charge in [-0.2, -0.15) is 0 Å². The second-order valence-corrected chi connectivity index (χ2v) is 6.48. The van der Waals surface area contributed by atoms with Crippen molar-refractivity contribution < 1.29 is 0 Å². The highest BCUT2D eigenvalue weighted by atomic mass is 32.1. The lowest BCUT2D eigenvalue weighted by atomic mass is 9.82. The van der Waals surface area contributed by atoms with E-state index in [0.29, 0.717) is 12.1 Å². The summed E-state index contributed by atoms with van der Waals surface area (Å²) in [6, 6.07) is 2.15. The lowest BCUT2D eigenvalue weighted by Crippen LogP contribution is -2.56. The van der Waals surface area contributed by atoms with Crippen molar-refractivity contribution in [2.45, 2.75) is 64.1 Å². The summed E-state index contributed by atoms with van der Waals surface area (Å²) in [4.78, 5) is 7.35. The molecule has 2 aliphatic rings. The fraction of sp³-hybridized carbons (Fsp3) is 0.786. The van der Waals surface area contributed by atoms with Crippen LogP contribution in [-0.2, 0) is 0 Å². The molecule has 0 amide bonds. The van der Waals surface area contributed by atoms with Crippen molar-refractivity contribution in [1.29, 1.82) is 0 Å². The summed E-state index contributed by atoms with van der Waals surface area (Å²) in [5.74, 6) is 0. The summed E-state index contributed by atoms with van der Waals surface area (Å²) < 4.78 is 0. The summed E-state index contributed by atoms with van der Waals surface area (Å²) in [6.07, 6.45) is 6.68. The molecule has 2 saturated heterocycles. The van der Waals surface area contributed by atoms with E-state index in [2.05, 4.69) is 29.4 Å². The van der Waals surface area contributed by atoms with Gasteiger partial charge < -0.3 is 10.2 Å².